The number of carbonyl (C=O) groups is 1. The molecular weight excluding hydrogens is 276 g/mol. The first-order chi connectivity index (χ1) is 10.6. The van der Waals surface area contributed by atoms with Crippen molar-refractivity contribution in [2.45, 2.75) is 20.8 Å². The van der Waals surface area contributed by atoms with Gasteiger partial charge in [-0.05, 0) is 25.6 Å². The van der Waals surface area contributed by atoms with Crippen LogP contribution in [0, 0.1) is 6.92 Å². The number of amides is 1. The third-order valence-corrected chi connectivity index (χ3v) is 3.97. The molecule has 2 rings (SSSR count). The molecule has 2 aromatic rings. The summed E-state index contributed by atoms with van der Waals surface area (Å²) in [6.07, 6.45) is 0. The summed E-state index contributed by atoms with van der Waals surface area (Å²) in [6, 6.07) is 10.0. The average Bonchev–Trinajstić information content (AvgIpc) is 3.01. The monoisotopic (exact) mass is 300 g/mol. The molecule has 1 aromatic carbocycles. The molecule has 5 nitrogen and oxygen atoms in total. The van der Waals surface area contributed by atoms with Crippen LogP contribution in [0.1, 0.15) is 19.4 Å². The number of rotatable bonds is 6. The van der Waals surface area contributed by atoms with Gasteiger partial charge in [-0.15, -0.1) is 0 Å². The quantitative estimate of drug-likeness (QED) is 0.892. The number of hydrogen-bond acceptors (Lipinski definition) is 3. The minimum absolute atomic E-state index is 0.0477. The SMILES string of the molecule is CCN(CC)CC(=O)N(C)c1cc(-c2ccccc2C)[nH]n1. The van der Waals surface area contributed by atoms with Crippen LogP contribution in [-0.2, 0) is 4.79 Å². The lowest BCUT2D eigenvalue weighted by molar-refractivity contribution is -0.119. The van der Waals surface area contributed by atoms with Gasteiger partial charge in [-0.1, -0.05) is 38.1 Å². The number of H-pyrrole nitrogens is 1. The Morgan fingerprint density at radius 2 is 1.91 bits per heavy atom. The number of aromatic amines is 1. The van der Waals surface area contributed by atoms with E-state index in [4.69, 9.17) is 0 Å². The fourth-order valence-electron chi connectivity index (χ4n) is 2.37. The van der Waals surface area contributed by atoms with E-state index < -0.39 is 0 Å². The van der Waals surface area contributed by atoms with Gasteiger partial charge in [-0.25, -0.2) is 0 Å². The van der Waals surface area contributed by atoms with Crippen molar-refractivity contribution in [3.05, 3.63) is 35.9 Å². The molecule has 5 heteroatoms. The van der Waals surface area contributed by atoms with E-state index in [-0.39, 0.29) is 5.91 Å². The van der Waals surface area contributed by atoms with Crippen molar-refractivity contribution >= 4 is 11.7 Å². The van der Waals surface area contributed by atoms with Gasteiger partial charge < -0.3 is 0 Å². The van der Waals surface area contributed by atoms with Gasteiger partial charge in [0.05, 0.1) is 12.2 Å². The highest BCUT2D eigenvalue weighted by atomic mass is 16.2. The minimum atomic E-state index is 0.0477. The number of hydrogen-bond donors (Lipinski definition) is 1. The Balaban J connectivity index is 2.14. The Morgan fingerprint density at radius 3 is 2.55 bits per heavy atom. The molecule has 0 aliphatic rings. The third-order valence-electron chi connectivity index (χ3n) is 3.97. The van der Waals surface area contributed by atoms with E-state index in [1.807, 2.05) is 24.3 Å². The number of nitrogens with one attached hydrogen (secondary N) is 1. The van der Waals surface area contributed by atoms with Crippen LogP contribution in [0.25, 0.3) is 11.3 Å². The molecule has 0 unspecified atom stereocenters. The molecule has 0 spiro atoms. The summed E-state index contributed by atoms with van der Waals surface area (Å²) < 4.78 is 0. The largest absolute Gasteiger partial charge is 0.297 e. The van der Waals surface area contributed by atoms with Crippen molar-refractivity contribution in [2.75, 3.05) is 31.6 Å². The number of likely N-dealkylation sites (N-methyl/N-ethyl adjacent to an activating group) is 2. The fourth-order valence-corrected chi connectivity index (χ4v) is 2.37. The predicted octanol–water partition coefficient (Wildman–Crippen LogP) is 2.69. The van der Waals surface area contributed by atoms with Crippen molar-refractivity contribution in [2.24, 2.45) is 0 Å². The summed E-state index contributed by atoms with van der Waals surface area (Å²) in [4.78, 5) is 16.0. The molecule has 22 heavy (non-hydrogen) atoms. The van der Waals surface area contributed by atoms with Gasteiger partial charge in [0.15, 0.2) is 5.82 Å². The van der Waals surface area contributed by atoms with Crippen molar-refractivity contribution < 1.29 is 4.79 Å². The fraction of sp³-hybridized carbons (Fsp3) is 0.412. The molecule has 1 N–H and O–H groups in total. The van der Waals surface area contributed by atoms with Gasteiger partial charge in [0, 0.05) is 18.7 Å². The molecule has 0 bridgehead atoms. The number of anilines is 1. The van der Waals surface area contributed by atoms with E-state index in [2.05, 4.69) is 41.9 Å². The van der Waals surface area contributed by atoms with Gasteiger partial charge in [0.2, 0.25) is 5.91 Å². The molecule has 118 valence electrons. The Hall–Kier alpha value is -2.14. The highest BCUT2D eigenvalue weighted by Gasteiger charge is 2.17. The van der Waals surface area contributed by atoms with Gasteiger partial charge >= 0.3 is 0 Å². The highest BCUT2D eigenvalue weighted by Crippen LogP contribution is 2.24. The number of aryl methyl sites for hydroxylation is 1. The van der Waals surface area contributed by atoms with Crippen LogP contribution < -0.4 is 4.90 Å². The lowest BCUT2D eigenvalue weighted by Crippen LogP contribution is -2.38. The van der Waals surface area contributed by atoms with E-state index in [1.165, 1.54) is 5.56 Å². The average molecular weight is 300 g/mol. The molecule has 0 saturated heterocycles. The van der Waals surface area contributed by atoms with E-state index in [9.17, 15) is 4.79 Å². The second-order valence-electron chi connectivity index (χ2n) is 5.37. The Morgan fingerprint density at radius 1 is 1.23 bits per heavy atom. The van der Waals surface area contributed by atoms with Gasteiger partial charge in [-0.3, -0.25) is 19.7 Å². The normalized spacial score (nSPS) is 11.0. The summed E-state index contributed by atoms with van der Waals surface area (Å²) >= 11 is 0. The van der Waals surface area contributed by atoms with E-state index in [1.54, 1.807) is 11.9 Å². The molecule has 1 amide bonds. The smallest absolute Gasteiger partial charge is 0.242 e. The van der Waals surface area contributed by atoms with Gasteiger partial charge in [-0.2, -0.15) is 5.10 Å². The Kier molecular flexibility index (Phi) is 5.33. The van der Waals surface area contributed by atoms with Crippen molar-refractivity contribution in [3.63, 3.8) is 0 Å². The summed E-state index contributed by atoms with van der Waals surface area (Å²) in [7, 11) is 1.77. The maximum Gasteiger partial charge on any atom is 0.242 e. The maximum atomic E-state index is 12.3. The van der Waals surface area contributed by atoms with Crippen molar-refractivity contribution in [1.29, 1.82) is 0 Å². The molecule has 0 atom stereocenters. The zero-order valence-electron chi connectivity index (χ0n) is 13.8. The predicted molar refractivity (Wildman–Crippen MR) is 90.0 cm³/mol. The summed E-state index contributed by atoms with van der Waals surface area (Å²) in [5.41, 5.74) is 3.20. The van der Waals surface area contributed by atoms with Gasteiger partial charge in [0.25, 0.3) is 0 Å². The van der Waals surface area contributed by atoms with Crippen molar-refractivity contribution in [1.82, 2.24) is 15.1 Å². The van der Waals surface area contributed by atoms with Crippen LogP contribution in [-0.4, -0.2) is 47.7 Å². The Bertz CT molecular complexity index is 631. The van der Waals surface area contributed by atoms with Crippen molar-refractivity contribution in [3.8, 4) is 11.3 Å². The standard InChI is InChI=1S/C17H24N4O/c1-5-21(6-2)12-17(22)20(4)16-11-15(18-19-16)14-10-8-7-9-13(14)3/h7-11H,5-6,12H2,1-4H3,(H,18,19). The van der Waals surface area contributed by atoms with Crippen LogP contribution in [0.4, 0.5) is 5.82 Å². The maximum absolute atomic E-state index is 12.3. The Labute approximate surface area is 131 Å². The minimum Gasteiger partial charge on any atom is -0.297 e. The first kappa shape index (κ1) is 16.2. The lowest BCUT2D eigenvalue weighted by Gasteiger charge is -2.21. The molecule has 0 fully saturated rings. The van der Waals surface area contributed by atoms with Crippen LogP contribution in [0.3, 0.4) is 0 Å². The molecule has 0 radical (unpaired) electrons. The highest BCUT2D eigenvalue weighted by molar-refractivity contribution is 5.93. The lowest BCUT2D eigenvalue weighted by atomic mass is 10.1. The molecule has 0 saturated carbocycles. The molecule has 1 heterocycles. The zero-order valence-corrected chi connectivity index (χ0v) is 13.8. The van der Waals surface area contributed by atoms with E-state index >= 15 is 0 Å². The summed E-state index contributed by atoms with van der Waals surface area (Å²) in [5, 5.41) is 7.30. The second kappa shape index (κ2) is 7.22. The number of aromatic nitrogens is 2. The molecule has 0 aliphatic carbocycles. The van der Waals surface area contributed by atoms with Crippen LogP contribution in [0.2, 0.25) is 0 Å². The summed E-state index contributed by atoms with van der Waals surface area (Å²) in [5.74, 6) is 0.696. The first-order valence-corrected chi connectivity index (χ1v) is 7.67. The second-order valence-corrected chi connectivity index (χ2v) is 5.37. The van der Waals surface area contributed by atoms with Crippen LogP contribution >= 0.6 is 0 Å². The summed E-state index contributed by atoms with van der Waals surface area (Å²) in [6.45, 7) is 8.32. The topological polar surface area (TPSA) is 52.2 Å². The van der Waals surface area contributed by atoms with Crippen LogP contribution in [0.5, 0.6) is 0 Å². The number of carbonyl (C=O) groups excluding carboxylic acids is 1. The van der Waals surface area contributed by atoms with Crippen LogP contribution in [0.15, 0.2) is 30.3 Å². The third kappa shape index (κ3) is 3.54. The first-order valence-electron chi connectivity index (χ1n) is 7.67. The molecule has 1 aromatic heterocycles. The van der Waals surface area contributed by atoms with Gasteiger partial charge in [0.1, 0.15) is 0 Å². The number of benzene rings is 1. The molecular formula is C17H24N4O. The molecule has 0 aliphatic heterocycles. The number of nitrogens with zero attached hydrogens (tertiary/aromatic N) is 3. The zero-order chi connectivity index (χ0) is 16.1. The van der Waals surface area contributed by atoms with E-state index in [0.29, 0.717) is 12.4 Å². The van der Waals surface area contributed by atoms with E-state index in [0.717, 1.165) is 24.3 Å².